The van der Waals surface area contributed by atoms with Crippen LogP contribution in [0, 0.1) is 0 Å². The zero-order chi connectivity index (χ0) is 20.2. The number of ether oxygens (including phenoxy) is 1. The van der Waals surface area contributed by atoms with Crippen LogP contribution in [0.5, 0.6) is 5.88 Å². The fraction of sp³-hybridized carbons (Fsp3) is 0.409. The smallest absolute Gasteiger partial charge is 0.258 e. The second-order valence-electron chi connectivity index (χ2n) is 7.48. The number of thiazole rings is 1. The quantitative estimate of drug-likeness (QED) is 0.659. The number of aryl methyl sites for hydroxylation is 1. The van der Waals surface area contributed by atoms with Gasteiger partial charge in [0.25, 0.3) is 5.88 Å². The molecule has 1 aromatic carbocycles. The molecule has 0 atom stereocenters. The molecule has 2 N–H and O–H groups in total. The van der Waals surface area contributed by atoms with Gasteiger partial charge in [0, 0.05) is 5.92 Å². The van der Waals surface area contributed by atoms with Crippen LogP contribution in [-0.4, -0.2) is 40.0 Å². The Morgan fingerprint density at radius 2 is 1.93 bits per heavy atom. The van der Waals surface area contributed by atoms with E-state index in [9.17, 15) is 0 Å². The Kier molecular flexibility index (Phi) is 6.06. The van der Waals surface area contributed by atoms with Gasteiger partial charge in [-0.3, -0.25) is 0 Å². The van der Waals surface area contributed by atoms with Crippen molar-refractivity contribution in [2.24, 2.45) is 0 Å². The number of nitrogens with zero attached hydrogens (tertiary/aromatic N) is 4. The summed E-state index contributed by atoms with van der Waals surface area (Å²) in [7, 11) is 2.18. The highest BCUT2D eigenvalue weighted by atomic mass is 32.1. The lowest BCUT2D eigenvalue weighted by molar-refractivity contribution is 0.255. The van der Waals surface area contributed by atoms with Gasteiger partial charge >= 0.3 is 0 Å². The summed E-state index contributed by atoms with van der Waals surface area (Å²) >= 11 is 1.75. The fourth-order valence-electron chi connectivity index (χ4n) is 3.56. The Balaban J connectivity index is 1.57. The van der Waals surface area contributed by atoms with Gasteiger partial charge < -0.3 is 15.4 Å². The topological polar surface area (TPSA) is 77.2 Å². The van der Waals surface area contributed by atoms with Crippen LogP contribution in [0.15, 0.2) is 36.5 Å². The third kappa shape index (κ3) is 4.57. The van der Waals surface area contributed by atoms with E-state index in [1.165, 1.54) is 5.01 Å². The van der Waals surface area contributed by atoms with Crippen molar-refractivity contribution in [3.05, 3.63) is 52.8 Å². The third-order valence-electron chi connectivity index (χ3n) is 5.33. The number of hydrogen-bond acceptors (Lipinski definition) is 7. The molecule has 1 aliphatic heterocycles. The monoisotopic (exact) mass is 409 g/mol. The van der Waals surface area contributed by atoms with E-state index in [0.717, 1.165) is 54.2 Å². The zero-order valence-electron chi connectivity index (χ0n) is 17.0. The second kappa shape index (κ2) is 8.88. The maximum atomic E-state index is 6.02. The van der Waals surface area contributed by atoms with Crippen molar-refractivity contribution < 1.29 is 4.74 Å². The molecular formula is C22H27N5OS. The van der Waals surface area contributed by atoms with E-state index >= 15 is 0 Å². The molecule has 7 heteroatoms. The van der Waals surface area contributed by atoms with Gasteiger partial charge in [0.15, 0.2) is 5.82 Å². The number of nitrogen functional groups attached to an aromatic ring is 1. The highest BCUT2D eigenvalue weighted by molar-refractivity contribution is 7.15. The first-order valence-electron chi connectivity index (χ1n) is 10.1. The molecule has 0 unspecified atom stereocenters. The second-order valence-corrected chi connectivity index (χ2v) is 8.51. The number of hydrogen-bond donors (Lipinski definition) is 1. The van der Waals surface area contributed by atoms with E-state index in [4.69, 9.17) is 15.5 Å². The number of rotatable bonds is 6. The number of anilines is 1. The average molecular weight is 410 g/mol. The van der Waals surface area contributed by atoms with Crippen LogP contribution in [0.4, 0.5) is 5.82 Å². The zero-order valence-corrected chi connectivity index (χ0v) is 17.8. The Labute approximate surface area is 175 Å². The Morgan fingerprint density at radius 1 is 1.17 bits per heavy atom. The first-order chi connectivity index (χ1) is 14.1. The lowest BCUT2D eigenvalue weighted by Crippen LogP contribution is -2.29. The molecule has 152 valence electrons. The maximum Gasteiger partial charge on any atom is 0.258 e. The molecule has 0 aliphatic carbocycles. The Bertz CT molecular complexity index is 951. The number of piperidine rings is 1. The summed E-state index contributed by atoms with van der Waals surface area (Å²) in [6, 6.07) is 9.98. The number of aromatic nitrogens is 3. The lowest BCUT2D eigenvalue weighted by atomic mass is 9.98. The summed E-state index contributed by atoms with van der Waals surface area (Å²) in [6.07, 6.45) is 4.91. The predicted octanol–water partition coefficient (Wildman–Crippen LogP) is 4.13. The molecule has 3 heterocycles. The Morgan fingerprint density at radius 3 is 2.66 bits per heavy atom. The first-order valence-corrected chi connectivity index (χ1v) is 10.9. The fourth-order valence-corrected chi connectivity index (χ4v) is 4.84. The van der Waals surface area contributed by atoms with E-state index in [2.05, 4.69) is 28.8 Å². The van der Waals surface area contributed by atoms with Crippen molar-refractivity contribution in [2.75, 3.05) is 25.9 Å². The van der Waals surface area contributed by atoms with Gasteiger partial charge in [-0.15, -0.1) is 11.3 Å². The van der Waals surface area contributed by atoms with Crippen LogP contribution < -0.4 is 10.5 Å². The summed E-state index contributed by atoms with van der Waals surface area (Å²) < 4.78 is 5.87. The van der Waals surface area contributed by atoms with Crippen LogP contribution in [-0.2, 0) is 13.0 Å². The van der Waals surface area contributed by atoms with Crippen LogP contribution in [0.25, 0.3) is 10.6 Å². The van der Waals surface area contributed by atoms with Crippen molar-refractivity contribution in [2.45, 2.75) is 38.7 Å². The molecule has 1 saturated heterocycles. The van der Waals surface area contributed by atoms with Gasteiger partial charge in [0.2, 0.25) is 0 Å². The van der Waals surface area contributed by atoms with Crippen molar-refractivity contribution in [1.29, 1.82) is 0 Å². The maximum absolute atomic E-state index is 6.02. The van der Waals surface area contributed by atoms with Crippen LogP contribution in [0.3, 0.4) is 0 Å². The van der Waals surface area contributed by atoms with Gasteiger partial charge in [-0.25, -0.2) is 15.0 Å². The summed E-state index contributed by atoms with van der Waals surface area (Å²) in [5.41, 5.74) is 8.96. The Hall–Kier alpha value is -2.51. The minimum Gasteiger partial charge on any atom is -0.470 e. The molecule has 4 rings (SSSR count). The minimum absolute atomic E-state index is 0.308. The number of nitrogens with two attached hydrogens (primary N) is 1. The highest BCUT2D eigenvalue weighted by Gasteiger charge is 2.24. The molecule has 0 saturated carbocycles. The number of benzene rings is 1. The van der Waals surface area contributed by atoms with E-state index in [-0.39, 0.29) is 0 Å². The SMILES string of the molecule is CCc1nc(C2CCN(C)CC2)sc1-c1cnc(N)c(OCc2ccccc2)n1. The molecule has 6 nitrogen and oxygen atoms in total. The van der Waals surface area contributed by atoms with Gasteiger partial charge in [0.05, 0.1) is 21.8 Å². The summed E-state index contributed by atoms with van der Waals surface area (Å²) in [6.45, 7) is 4.79. The molecule has 0 radical (unpaired) electrons. The van der Waals surface area contributed by atoms with Crippen LogP contribution >= 0.6 is 11.3 Å². The van der Waals surface area contributed by atoms with Crippen molar-refractivity contribution in [1.82, 2.24) is 19.9 Å². The molecule has 3 aromatic rings. The normalized spacial score (nSPS) is 15.5. The summed E-state index contributed by atoms with van der Waals surface area (Å²) in [4.78, 5) is 17.5. The highest BCUT2D eigenvalue weighted by Crippen LogP contribution is 2.37. The first kappa shape index (κ1) is 19.8. The molecule has 29 heavy (non-hydrogen) atoms. The largest absolute Gasteiger partial charge is 0.470 e. The minimum atomic E-state index is 0.308. The standard InChI is InChI=1S/C22H27N5OS/c1-3-17-19(29-22(26-17)16-9-11-27(2)12-10-16)18-13-24-20(23)21(25-18)28-14-15-7-5-4-6-8-15/h4-8,13,16H,3,9-12,14H2,1-2H3,(H2,23,24). The van der Waals surface area contributed by atoms with Gasteiger partial charge in [-0.1, -0.05) is 37.3 Å². The van der Waals surface area contributed by atoms with E-state index in [0.29, 0.717) is 24.2 Å². The molecular weight excluding hydrogens is 382 g/mol. The van der Waals surface area contributed by atoms with Crippen molar-refractivity contribution >= 4 is 17.2 Å². The van der Waals surface area contributed by atoms with Crippen LogP contribution in [0.2, 0.25) is 0 Å². The summed E-state index contributed by atoms with van der Waals surface area (Å²) in [5, 5.41) is 1.22. The van der Waals surface area contributed by atoms with Crippen molar-refractivity contribution in [3.8, 4) is 16.5 Å². The number of likely N-dealkylation sites (tertiary alicyclic amines) is 1. The molecule has 0 amide bonds. The molecule has 0 spiro atoms. The van der Waals surface area contributed by atoms with Crippen molar-refractivity contribution in [3.63, 3.8) is 0 Å². The molecule has 0 bridgehead atoms. The molecule has 1 aliphatic rings. The van der Waals surface area contributed by atoms with E-state index < -0.39 is 0 Å². The average Bonchev–Trinajstić information content (AvgIpc) is 3.19. The van der Waals surface area contributed by atoms with Gasteiger partial charge in [-0.2, -0.15) is 0 Å². The molecule has 1 fully saturated rings. The third-order valence-corrected chi connectivity index (χ3v) is 6.62. The van der Waals surface area contributed by atoms with Gasteiger partial charge in [-0.05, 0) is 45.0 Å². The molecule has 2 aromatic heterocycles. The van der Waals surface area contributed by atoms with Gasteiger partial charge in [0.1, 0.15) is 12.3 Å². The van der Waals surface area contributed by atoms with E-state index in [1.54, 1.807) is 17.5 Å². The predicted molar refractivity (Wildman–Crippen MR) is 117 cm³/mol. The van der Waals surface area contributed by atoms with Crippen LogP contribution in [0.1, 0.15) is 41.9 Å². The van der Waals surface area contributed by atoms with E-state index in [1.807, 2.05) is 30.3 Å². The lowest BCUT2D eigenvalue weighted by Gasteiger charge is -2.27. The summed E-state index contributed by atoms with van der Waals surface area (Å²) in [5.74, 6) is 1.22.